The molecule has 1 aliphatic heterocycles. The fraction of sp³-hybridized carbons (Fsp3) is 0.379. The van der Waals surface area contributed by atoms with Gasteiger partial charge in [-0.25, -0.2) is 4.79 Å². The summed E-state index contributed by atoms with van der Waals surface area (Å²) in [5.41, 5.74) is 3.06. The summed E-state index contributed by atoms with van der Waals surface area (Å²) in [6.45, 7) is 5.57. The number of carbonyl (C=O) groups is 3. The maximum Gasteiger partial charge on any atom is 0.336 e. The van der Waals surface area contributed by atoms with Crippen molar-refractivity contribution >= 4 is 39.4 Å². The third-order valence-electron chi connectivity index (χ3n) is 6.91. The van der Waals surface area contributed by atoms with E-state index in [1.807, 2.05) is 48.5 Å². The molecule has 0 N–H and O–H groups in total. The maximum atomic E-state index is 14.3. The molecule has 4 atom stereocenters. The van der Waals surface area contributed by atoms with Gasteiger partial charge in [0.1, 0.15) is 11.7 Å². The first-order valence-electron chi connectivity index (χ1n) is 12.4. The Kier molecular flexibility index (Phi) is 8.27. The predicted octanol–water partition coefficient (Wildman–Crippen LogP) is 5.39. The van der Waals surface area contributed by atoms with Crippen LogP contribution in [0.1, 0.15) is 50.2 Å². The third-order valence-corrected chi connectivity index (χ3v) is 7.41. The van der Waals surface area contributed by atoms with E-state index >= 15 is 0 Å². The van der Waals surface area contributed by atoms with Gasteiger partial charge in [0.05, 0.1) is 31.8 Å². The highest BCUT2D eigenvalue weighted by Gasteiger charge is 2.53. The van der Waals surface area contributed by atoms with Gasteiger partial charge in [0, 0.05) is 27.7 Å². The molecule has 0 amide bonds. The Labute approximate surface area is 225 Å². The van der Waals surface area contributed by atoms with Crippen molar-refractivity contribution in [1.82, 2.24) is 0 Å². The molecule has 0 spiro atoms. The molecule has 1 aliphatic carbocycles. The van der Waals surface area contributed by atoms with Crippen LogP contribution in [0.4, 0.5) is 0 Å². The SMILES string of the molecule is CCOC(=O)C1=C(C)N=C2C[C@H](c3cccc(OC)c3)[C@@H](C(=O)OCC)C(=O)C2[C@@H]1c1cccc(Br)c1. The number of ketones is 1. The number of halogens is 1. The number of ether oxygens (including phenoxy) is 3. The van der Waals surface area contributed by atoms with Crippen LogP contribution < -0.4 is 4.74 Å². The van der Waals surface area contributed by atoms with Gasteiger partial charge in [-0.2, -0.15) is 0 Å². The maximum absolute atomic E-state index is 14.3. The summed E-state index contributed by atoms with van der Waals surface area (Å²) in [6.07, 6.45) is 0.366. The molecule has 1 unspecified atom stereocenters. The molecule has 4 rings (SSSR count). The molecule has 7 nitrogen and oxygen atoms in total. The van der Waals surface area contributed by atoms with Crippen LogP contribution in [0.3, 0.4) is 0 Å². The minimum absolute atomic E-state index is 0.154. The van der Waals surface area contributed by atoms with Gasteiger partial charge in [-0.3, -0.25) is 14.6 Å². The number of benzene rings is 2. The molecular weight excluding hydrogens is 538 g/mol. The topological polar surface area (TPSA) is 91.3 Å². The zero-order valence-corrected chi connectivity index (χ0v) is 22.9. The Balaban J connectivity index is 1.90. The molecule has 0 bridgehead atoms. The van der Waals surface area contributed by atoms with E-state index in [1.165, 1.54) is 0 Å². The lowest BCUT2D eigenvalue weighted by Crippen LogP contribution is -2.48. The molecule has 37 heavy (non-hydrogen) atoms. The van der Waals surface area contributed by atoms with Crippen LogP contribution >= 0.6 is 15.9 Å². The second-order valence-electron chi connectivity index (χ2n) is 9.05. The zero-order chi connectivity index (χ0) is 26.7. The van der Waals surface area contributed by atoms with E-state index in [-0.39, 0.29) is 19.0 Å². The van der Waals surface area contributed by atoms with Gasteiger partial charge < -0.3 is 14.2 Å². The predicted molar refractivity (Wildman–Crippen MR) is 143 cm³/mol. The average molecular weight is 568 g/mol. The van der Waals surface area contributed by atoms with Crippen molar-refractivity contribution in [3.63, 3.8) is 0 Å². The van der Waals surface area contributed by atoms with Crippen LogP contribution in [0, 0.1) is 11.8 Å². The number of nitrogens with zero attached hydrogens (tertiary/aromatic N) is 1. The Bertz CT molecular complexity index is 1280. The van der Waals surface area contributed by atoms with Gasteiger partial charge >= 0.3 is 11.9 Å². The quantitative estimate of drug-likeness (QED) is 0.329. The van der Waals surface area contributed by atoms with Crippen molar-refractivity contribution < 1.29 is 28.6 Å². The molecule has 2 aromatic rings. The van der Waals surface area contributed by atoms with Crippen molar-refractivity contribution in [2.45, 2.75) is 39.0 Å². The van der Waals surface area contributed by atoms with Crippen molar-refractivity contribution in [2.75, 3.05) is 20.3 Å². The fourth-order valence-corrected chi connectivity index (χ4v) is 5.82. The standard InChI is InChI=1S/C29H30BrNO6/c1-5-36-28(33)23-16(3)31-22-15-21(17-9-8-12-20(14-17)35-4)25(29(34)37-6-2)27(32)26(22)24(23)18-10-7-11-19(30)13-18/h7-14,21,24-26H,5-6,15H2,1-4H3/t21-,24-,25-,26?/m1/s1. The van der Waals surface area contributed by atoms with Crippen LogP contribution in [0.2, 0.25) is 0 Å². The fourth-order valence-electron chi connectivity index (χ4n) is 5.40. The smallest absolute Gasteiger partial charge is 0.336 e. The molecule has 8 heteroatoms. The zero-order valence-electron chi connectivity index (χ0n) is 21.3. The van der Waals surface area contributed by atoms with Crippen LogP contribution in [0.15, 0.2) is 69.3 Å². The highest BCUT2D eigenvalue weighted by molar-refractivity contribution is 9.10. The first kappa shape index (κ1) is 26.8. The Morgan fingerprint density at radius 3 is 2.38 bits per heavy atom. The minimum Gasteiger partial charge on any atom is -0.497 e. The van der Waals surface area contributed by atoms with Crippen molar-refractivity contribution in [3.05, 3.63) is 75.4 Å². The lowest BCUT2D eigenvalue weighted by molar-refractivity contribution is -0.153. The van der Waals surface area contributed by atoms with E-state index < -0.39 is 35.6 Å². The molecule has 1 saturated carbocycles. The van der Waals surface area contributed by atoms with Crippen LogP contribution in [-0.4, -0.2) is 43.8 Å². The van der Waals surface area contributed by atoms with Crippen molar-refractivity contribution in [2.24, 2.45) is 16.8 Å². The summed E-state index contributed by atoms with van der Waals surface area (Å²) in [4.78, 5) is 45.5. The summed E-state index contributed by atoms with van der Waals surface area (Å²) in [6, 6.07) is 14.9. The number of fused-ring (bicyclic) bond motifs is 1. The highest BCUT2D eigenvalue weighted by Crippen LogP contribution is 2.48. The first-order valence-corrected chi connectivity index (χ1v) is 13.1. The molecule has 0 radical (unpaired) electrons. The van der Waals surface area contributed by atoms with Gasteiger partial charge in [-0.15, -0.1) is 0 Å². The van der Waals surface area contributed by atoms with Crippen LogP contribution in [0.5, 0.6) is 5.75 Å². The summed E-state index contributed by atoms with van der Waals surface area (Å²) in [5, 5.41) is 0. The molecule has 0 saturated heterocycles. The Morgan fingerprint density at radius 2 is 1.70 bits per heavy atom. The van der Waals surface area contributed by atoms with Gasteiger partial charge in [0.25, 0.3) is 0 Å². The normalized spacial score (nSPS) is 23.2. The lowest BCUT2D eigenvalue weighted by atomic mass is 9.62. The number of esters is 2. The van der Waals surface area contributed by atoms with E-state index in [4.69, 9.17) is 19.2 Å². The third kappa shape index (κ3) is 5.25. The van der Waals surface area contributed by atoms with Crippen LogP contribution in [0.25, 0.3) is 0 Å². The number of hydrogen-bond acceptors (Lipinski definition) is 7. The Morgan fingerprint density at radius 1 is 1.00 bits per heavy atom. The Hall–Kier alpha value is -3.26. The van der Waals surface area contributed by atoms with Crippen molar-refractivity contribution in [3.8, 4) is 5.75 Å². The lowest BCUT2D eigenvalue weighted by Gasteiger charge is -2.41. The largest absolute Gasteiger partial charge is 0.497 e. The molecule has 1 heterocycles. The summed E-state index contributed by atoms with van der Waals surface area (Å²) in [7, 11) is 1.57. The second-order valence-corrected chi connectivity index (χ2v) is 9.97. The van der Waals surface area contributed by atoms with Gasteiger partial charge in [0.2, 0.25) is 0 Å². The van der Waals surface area contributed by atoms with E-state index in [9.17, 15) is 14.4 Å². The monoisotopic (exact) mass is 567 g/mol. The van der Waals surface area contributed by atoms with Gasteiger partial charge in [0.15, 0.2) is 5.78 Å². The molecular formula is C29H30BrNO6. The van der Waals surface area contributed by atoms with E-state index in [2.05, 4.69) is 15.9 Å². The molecule has 2 aliphatic rings. The number of rotatable bonds is 7. The number of Topliss-reactive ketones (excluding diaryl/α,β-unsaturated/α-hetero) is 1. The van der Waals surface area contributed by atoms with Gasteiger partial charge in [-0.1, -0.05) is 40.2 Å². The molecule has 1 fully saturated rings. The molecule has 2 aromatic carbocycles. The molecule has 0 aromatic heterocycles. The number of allylic oxidation sites excluding steroid dienone is 1. The second kappa shape index (κ2) is 11.4. The summed E-state index contributed by atoms with van der Waals surface area (Å²) in [5.74, 6) is -3.72. The highest BCUT2D eigenvalue weighted by atomic mass is 79.9. The van der Waals surface area contributed by atoms with Gasteiger partial charge in [-0.05, 0) is 62.6 Å². The first-order chi connectivity index (χ1) is 17.8. The summed E-state index contributed by atoms with van der Waals surface area (Å²) < 4.78 is 17.0. The minimum atomic E-state index is -1.05. The average Bonchev–Trinajstić information content (AvgIpc) is 2.88. The van der Waals surface area contributed by atoms with Crippen LogP contribution in [-0.2, 0) is 23.9 Å². The molecule has 194 valence electrons. The number of aliphatic imine (C=N–C) groups is 1. The van der Waals surface area contributed by atoms with E-state index in [0.717, 1.165) is 15.6 Å². The number of methoxy groups -OCH3 is 1. The van der Waals surface area contributed by atoms with E-state index in [1.54, 1.807) is 27.9 Å². The summed E-state index contributed by atoms with van der Waals surface area (Å²) >= 11 is 3.51. The number of hydrogen-bond donors (Lipinski definition) is 0. The number of carbonyl (C=O) groups excluding carboxylic acids is 3. The van der Waals surface area contributed by atoms with E-state index in [0.29, 0.717) is 29.2 Å². The van der Waals surface area contributed by atoms with Crippen molar-refractivity contribution in [1.29, 1.82) is 0 Å².